The van der Waals surface area contributed by atoms with Crippen LogP contribution in [0.4, 0.5) is 0 Å². The van der Waals surface area contributed by atoms with E-state index in [1.165, 1.54) is 0 Å². The molecule has 0 bridgehead atoms. The molecule has 0 amide bonds. The minimum absolute atomic E-state index is 0.273. The molecule has 1 aromatic rings. The zero-order chi connectivity index (χ0) is 15.9. The predicted molar refractivity (Wildman–Crippen MR) is 78.8 cm³/mol. The molecule has 0 aromatic heterocycles. The fraction of sp³-hybridized carbons (Fsp3) is 0.533. The summed E-state index contributed by atoms with van der Waals surface area (Å²) in [4.78, 5) is 22.8. The Morgan fingerprint density at radius 2 is 1.64 bits per heavy atom. The maximum absolute atomic E-state index is 12.0. The van der Waals surface area contributed by atoms with Crippen molar-refractivity contribution in [3.8, 4) is 11.5 Å². The standard InChI is InChI=1S/C15H19NO6/c1-19-3-5-21-13-8-10-7-12(16-18)15(17)11(10)9-14(13)22-6-4-20-2/h8-9,12H,3-7H2,1-2H3. The van der Waals surface area contributed by atoms with Crippen LogP contribution < -0.4 is 9.47 Å². The van der Waals surface area contributed by atoms with E-state index in [9.17, 15) is 9.70 Å². The first-order valence-electron chi connectivity index (χ1n) is 6.98. The van der Waals surface area contributed by atoms with Gasteiger partial charge in [0.15, 0.2) is 23.3 Å². The molecule has 1 aliphatic rings. The minimum Gasteiger partial charge on any atom is -0.487 e. The summed E-state index contributed by atoms with van der Waals surface area (Å²) in [7, 11) is 3.16. The summed E-state index contributed by atoms with van der Waals surface area (Å²) in [5.74, 6) is 0.697. The van der Waals surface area contributed by atoms with Gasteiger partial charge in [0.1, 0.15) is 13.2 Å². The van der Waals surface area contributed by atoms with Gasteiger partial charge in [-0.15, -0.1) is 0 Å². The maximum atomic E-state index is 12.0. The van der Waals surface area contributed by atoms with Crippen LogP contribution in [-0.4, -0.2) is 52.5 Å². The summed E-state index contributed by atoms with van der Waals surface area (Å²) in [6.07, 6.45) is 0.302. The van der Waals surface area contributed by atoms with Gasteiger partial charge in [-0.3, -0.25) is 4.79 Å². The zero-order valence-electron chi connectivity index (χ0n) is 12.7. The second-order valence-corrected chi connectivity index (χ2v) is 4.83. The molecule has 1 aliphatic carbocycles. The predicted octanol–water partition coefficient (Wildman–Crippen LogP) is 1.61. The van der Waals surface area contributed by atoms with E-state index in [2.05, 4.69) is 5.18 Å². The van der Waals surface area contributed by atoms with Crippen molar-refractivity contribution in [1.29, 1.82) is 0 Å². The van der Waals surface area contributed by atoms with Crippen LogP contribution in [0.25, 0.3) is 0 Å². The topological polar surface area (TPSA) is 83.4 Å². The summed E-state index contributed by atoms with van der Waals surface area (Å²) in [5, 5.41) is 2.87. The van der Waals surface area contributed by atoms with Crippen LogP contribution in [-0.2, 0) is 15.9 Å². The molecule has 0 saturated heterocycles. The Labute approximate surface area is 128 Å². The minimum atomic E-state index is -0.851. The molecule has 1 atom stereocenters. The van der Waals surface area contributed by atoms with Crippen LogP contribution >= 0.6 is 0 Å². The SMILES string of the molecule is COCCOc1cc2c(cc1OCCOC)C(=O)C(N=O)C2. The lowest BCUT2D eigenvalue weighted by Crippen LogP contribution is -2.12. The number of hydrogen-bond acceptors (Lipinski definition) is 7. The van der Waals surface area contributed by atoms with Gasteiger partial charge in [-0.05, 0) is 17.7 Å². The average Bonchev–Trinajstić information content (AvgIpc) is 2.83. The first-order valence-corrected chi connectivity index (χ1v) is 6.98. The quantitative estimate of drug-likeness (QED) is 0.509. The van der Waals surface area contributed by atoms with Gasteiger partial charge in [0, 0.05) is 26.2 Å². The van der Waals surface area contributed by atoms with Gasteiger partial charge in [-0.1, -0.05) is 5.18 Å². The van der Waals surface area contributed by atoms with Gasteiger partial charge in [-0.25, -0.2) is 0 Å². The van der Waals surface area contributed by atoms with E-state index >= 15 is 0 Å². The number of nitroso groups, excluding NO2 is 1. The normalized spacial score (nSPS) is 16.5. The van der Waals surface area contributed by atoms with E-state index < -0.39 is 6.04 Å². The first-order chi connectivity index (χ1) is 10.7. The van der Waals surface area contributed by atoms with E-state index in [0.717, 1.165) is 5.56 Å². The van der Waals surface area contributed by atoms with Crippen LogP contribution in [0.5, 0.6) is 11.5 Å². The fourth-order valence-corrected chi connectivity index (χ4v) is 2.26. The van der Waals surface area contributed by atoms with Crippen LogP contribution in [0.1, 0.15) is 15.9 Å². The molecule has 0 spiro atoms. The fourth-order valence-electron chi connectivity index (χ4n) is 2.26. The number of fused-ring (bicyclic) bond motifs is 1. The highest BCUT2D eigenvalue weighted by Crippen LogP contribution is 2.36. The Kier molecular flexibility index (Phi) is 5.85. The van der Waals surface area contributed by atoms with Gasteiger partial charge in [0.2, 0.25) is 0 Å². The van der Waals surface area contributed by atoms with Crippen LogP contribution in [0.15, 0.2) is 17.3 Å². The van der Waals surface area contributed by atoms with Crippen molar-refractivity contribution >= 4 is 5.78 Å². The summed E-state index contributed by atoms with van der Waals surface area (Å²) >= 11 is 0. The van der Waals surface area contributed by atoms with Gasteiger partial charge in [-0.2, -0.15) is 4.91 Å². The summed E-state index contributed by atoms with van der Waals surface area (Å²) < 4.78 is 21.1. The second kappa shape index (κ2) is 7.86. The lowest BCUT2D eigenvalue weighted by Gasteiger charge is -2.14. The number of ketones is 1. The zero-order valence-corrected chi connectivity index (χ0v) is 12.7. The first kappa shape index (κ1) is 16.4. The number of benzene rings is 1. The number of methoxy groups -OCH3 is 2. The third kappa shape index (κ3) is 3.61. The Hall–Kier alpha value is -1.99. The summed E-state index contributed by atoms with van der Waals surface area (Å²) in [6.45, 7) is 1.55. The molecule has 0 heterocycles. The molecule has 0 fully saturated rings. The second-order valence-electron chi connectivity index (χ2n) is 4.83. The third-order valence-electron chi connectivity index (χ3n) is 3.37. The Balaban J connectivity index is 2.23. The van der Waals surface area contributed by atoms with Gasteiger partial charge in [0.25, 0.3) is 0 Å². The van der Waals surface area contributed by atoms with Crippen molar-refractivity contribution in [1.82, 2.24) is 0 Å². The molecule has 2 rings (SSSR count). The molecule has 0 radical (unpaired) electrons. The van der Waals surface area contributed by atoms with Crippen molar-refractivity contribution in [2.24, 2.45) is 5.18 Å². The highest BCUT2D eigenvalue weighted by atomic mass is 16.5. The smallest absolute Gasteiger partial charge is 0.191 e. The Morgan fingerprint density at radius 1 is 1.05 bits per heavy atom. The molecule has 1 aromatic carbocycles. The lowest BCUT2D eigenvalue weighted by atomic mass is 10.1. The Morgan fingerprint density at radius 3 is 2.18 bits per heavy atom. The van der Waals surface area contributed by atoms with Gasteiger partial charge in [0.05, 0.1) is 13.2 Å². The molecule has 7 heteroatoms. The van der Waals surface area contributed by atoms with E-state index in [1.807, 2.05) is 0 Å². The number of carbonyl (C=O) groups is 1. The summed E-state index contributed by atoms with van der Waals surface area (Å²) in [6, 6.07) is 2.49. The van der Waals surface area contributed by atoms with Crippen molar-refractivity contribution < 1.29 is 23.7 Å². The maximum Gasteiger partial charge on any atom is 0.191 e. The van der Waals surface area contributed by atoms with E-state index in [0.29, 0.717) is 49.9 Å². The average molecular weight is 309 g/mol. The van der Waals surface area contributed by atoms with E-state index in [4.69, 9.17) is 18.9 Å². The van der Waals surface area contributed by atoms with E-state index in [1.54, 1.807) is 26.4 Å². The van der Waals surface area contributed by atoms with E-state index in [-0.39, 0.29) is 5.78 Å². The molecule has 0 aliphatic heterocycles. The third-order valence-corrected chi connectivity index (χ3v) is 3.37. The molecular formula is C15H19NO6. The van der Waals surface area contributed by atoms with Crippen molar-refractivity contribution in [2.45, 2.75) is 12.5 Å². The molecule has 0 saturated carbocycles. The van der Waals surface area contributed by atoms with Crippen molar-refractivity contribution in [3.63, 3.8) is 0 Å². The number of rotatable bonds is 9. The molecule has 22 heavy (non-hydrogen) atoms. The lowest BCUT2D eigenvalue weighted by molar-refractivity contribution is 0.0974. The highest BCUT2D eigenvalue weighted by Gasteiger charge is 2.33. The molecular weight excluding hydrogens is 290 g/mol. The highest BCUT2D eigenvalue weighted by molar-refractivity contribution is 6.05. The number of Topliss-reactive ketones (excluding diaryl/α,β-unsaturated/α-hetero) is 1. The summed E-state index contributed by atoms with van der Waals surface area (Å²) in [5.41, 5.74) is 1.22. The van der Waals surface area contributed by atoms with Crippen LogP contribution in [0, 0.1) is 4.91 Å². The largest absolute Gasteiger partial charge is 0.487 e. The molecule has 7 nitrogen and oxygen atoms in total. The number of carbonyl (C=O) groups excluding carboxylic acids is 1. The number of hydrogen-bond donors (Lipinski definition) is 0. The molecule has 0 N–H and O–H groups in total. The Bertz CT molecular complexity index is 545. The van der Waals surface area contributed by atoms with Crippen molar-refractivity contribution in [3.05, 3.63) is 28.2 Å². The number of nitrogens with zero attached hydrogens (tertiary/aromatic N) is 1. The molecule has 1 unspecified atom stereocenters. The number of ether oxygens (including phenoxy) is 4. The van der Waals surface area contributed by atoms with Crippen LogP contribution in [0.3, 0.4) is 0 Å². The van der Waals surface area contributed by atoms with Gasteiger partial charge >= 0.3 is 0 Å². The van der Waals surface area contributed by atoms with Crippen molar-refractivity contribution in [2.75, 3.05) is 40.6 Å². The monoisotopic (exact) mass is 309 g/mol. The van der Waals surface area contributed by atoms with Crippen LogP contribution in [0.2, 0.25) is 0 Å². The molecule has 120 valence electrons. The van der Waals surface area contributed by atoms with Gasteiger partial charge < -0.3 is 18.9 Å².